The number of unbranched alkanes of at least 4 members (excludes halogenated alkanes) is 1. The molecular weight excluding hydrogens is 392 g/mol. The summed E-state index contributed by atoms with van der Waals surface area (Å²) in [5.74, 6) is -1.09. The Hall–Kier alpha value is -2.24. The Morgan fingerprint density at radius 2 is 1.97 bits per heavy atom. The molecule has 1 aromatic rings. The van der Waals surface area contributed by atoms with E-state index in [1.54, 1.807) is 6.08 Å². The van der Waals surface area contributed by atoms with Gasteiger partial charge in [-0.25, -0.2) is 0 Å². The van der Waals surface area contributed by atoms with Gasteiger partial charge in [-0.3, -0.25) is 9.59 Å². The van der Waals surface area contributed by atoms with Crippen molar-refractivity contribution in [3.63, 3.8) is 0 Å². The Balaban J connectivity index is 1.93. The molecule has 3 N–H and O–H groups in total. The first-order valence-corrected chi connectivity index (χ1v) is 11.4. The molecule has 0 radical (unpaired) electrons. The van der Waals surface area contributed by atoms with E-state index in [4.69, 9.17) is 5.11 Å². The van der Waals surface area contributed by atoms with Crippen LogP contribution in [0.2, 0.25) is 0 Å². The second-order valence-electron chi connectivity index (χ2n) is 8.50. The van der Waals surface area contributed by atoms with Crippen molar-refractivity contribution >= 4 is 11.8 Å². The van der Waals surface area contributed by atoms with Gasteiger partial charge in [0, 0.05) is 24.7 Å². The van der Waals surface area contributed by atoms with Gasteiger partial charge in [-0.2, -0.15) is 0 Å². The number of carboxylic acid groups (broad SMARTS) is 1. The molecule has 0 heterocycles. The molecule has 1 fully saturated rings. The molecule has 5 atom stereocenters. The number of aliphatic carboxylic acids is 1. The largest absolute Gasteiger partial charge is 0.481 e. The molecule has 2 unspecified atom stereocenters. The summed E-state index contributed by atoms with van der Waals surface area (Å²) in [4.78, 5) is 22.9. The lowest BCUT2D eigenvalue weighted by Gasteiger charge is -2.20. The summed E-state index contributed by atoms with van der Waals surface area (Å²) in [6, 6.07) is 10.2. The zero-order valence-corrected chi connectivity index (χ0v) is 18.4. The highest BCUT2D eigenvalue weighted by molar-refractivity contribution is 5.84. The molecule has 1 aliphatic carbocycles. The minimum Gasteiger partial charge on any atom is -0.481 e. The lowest BCUT2D eigenvalue weighted by molar-refractivity contribution is -0.137. The van der Waals surface area contributed by atoms with Gasteiger partial charge >= 0.3 is 5.97 Å². The van der Waals surface area contributed by atoms with E-state index in [9.17, 15) is 19.8 Å². The third kappa shape index (κ3) is 8.42. The summed E-state index contributed by atoms with van der Waals surface area (Å²) in [7, 11) is 0. The number of carbonyl (C=O) groups is 2. The maximum absolute atomic E-state index is 12.3. The van der Waals surface area contributed by atoms with Crippen molar-refractivity contribution in [2.75, 3.05) is 0 Å². The van der Waals surface area contributed by atoms with E-state index in [2.05, 4.69) is 19.1 Å². The molecule has 0 bridgehead atoms. The summed E-state index contributed by atoms with van der Waals surface area (Å²) < 4.78 is 0. The minimum absolute atomic E-state index is 0.0416. The fourth-order valence-corrected chi connectivity index (χ4v) is 4.38. The quantitative estimate of drug-likeness (QED) is 0.314. The van der Waals surface area contributed by atoms with Crippen molar-refractivity contribution in [2.45, 2.75) is 76.4 Å². The molecule has 1 aliphatic rings. The van der Waals surface area contributed by atoms with Crippen molar-refractivity contribution in [3.8, 4) is 0 Å². The smallest absolute Gasteiger partial charge is 0.303 e. The van der Waals surface area contributed by atoms with Crippen LogP contribution in [-0.4, -0.2) is 39.3 Å². The molecule has 0 aromatic heterocycles. The molecule has 5 nitrogen and oxygen atoms in total. The fraction of sp³-hybridized carbons (Fsp3) is 0.538. The van der Waals surface area contributed by atoms with Gasteiger partial charge in [0.05, 0.1) is 12.2 Å². The van der Waals surface area contributed by atoms with E-state index in [-0.39, 0.29) is 36.4 Å². The first-order valence-electron chi connectivity index (χ1n) is 11.4. The SMILES string of the molecule is CCCC(C[C@@H](O)/C=C/C1[C@H](O)CC(=O)[C@@H]1C/C=C\CCCC(=O)O)c1ccccc1. The number of allylic oxidation sites excluding steroid dienone is 2. The molecule has 2 rings (SSSR count). The van der Waals surface area contributed by atoms with Crippen molar-refractivity contribution in [1.82, 2.24) is 0 Å². The van der Waals surface area contributed by atoms with Gasteiger partial charge in [0.25, 0.3) is 0 Å². The van der Waals surface area contributed by atoms with Gasteiger partial charge in [0.1, 0.15) is 5.78 Å². The van der Waals surface area contributed by atoms with Crippen molar-refractivity contribution < 1.29 is 24.9 Å². The average Bonchev–Trinajstić information content (AvgIpc) is 3.01. The molecule has 0 saturated heterocycles. The monoisotopic (exact) mass is 428 g/mol. The number of ketones is 1. The molecular formula is C26H36O5. The summed E-state index contributed by atoms with van der Waals surface area (Å²) in [5, 5.41) is 29.6. The minimum atomic E-state index is -0.806. The van der Waals surface area contributed by atoms with E-state index in [0.29, 0.717) is 25.7 Å². The third-order valence-electron chi connectivity index (χ3n) is 6.04. The van der Waals surface area contributed by atoms with Crippen LogP contribution in [0.4, 0.5) is 0 Å². The predicted molar refractivity (Wildman–Crippen MR) is 122 cm³/mol. The van der Waals surface area contributed by atoms with Gasteiger partial charge in [-0.15, -0.1) is 0 Å². The normalized spacial score (nSPS) is 23.6. The van der Waals surface area contributed by atoms with Crippen LogP contribution in [0.3, 0.4) is 0 Å². The number of Topliss-reactive ketones (excluding diaryl/α,β-unsaturated/α-hetero) is 1. The standard InChI is InChI=1S/C26H36O5/c1-2-10-20(19-11-6-5-7-12-19)17-21(27)15-16-23-22(24(28)18-25(23)29)13-8-3-4-9-14-26(30)31/h3,5-8,11-12,15-16,20-23,25,27,29H,2,4,9-10,13-14,17-18H2,1H3,(H,30,31)/b8-3-,16-15+/t20?,21-,22+,23?,25+/m0/s1. The van der Waals surface area contributed by atoms with Crippen LogP contribution < -0.4 is 0 Å². The third-order valence-corrected chi connectivity index (χ3v) is 6.04. The Kier molecular flexibility index (Phi) is 10.7. The van der Waals surface area contributed by atoms with Crippen LogP contribution in [-0.2, 0) is 9.59 Å². The second-order valence-corrected chi connectivity index (χ2v) is 8.50. The predicted octanol–water partition coefficient (Wildman–Crippen LogP) is 4.64. The van der Waals surface area contributed by atoms with Crippen LogP contribution >= 0.6 is 0 Å². The Morgan fingerprint density at radius 1 is 1.23 bits per heavy atom. The first kappa shape index (κ1) is 25.0. The van der Waals surface area contributed by atoms with Crippen molar-refractivity contribution in [3.05, 3.63) is 60.2 Å². The van der Waals surface area contributed by atoms with Crippen molar-refractivity contribution in [2.24, 2.45) is 11.8 Å². The van der Waals surface area contributed by atoms with Gasteiger partial charge in [0.15, 0.2) is 0 Å². The van der Waals surface area contributed by atoms with Gasteiger partial charge in [0.2, 0.25) is 0 Å². The summed E-state index contributed by atoms with van der Waals surface area (Å²) in [6.45, 7) is 2.14. The zero-order chi connectivity index (χ0) is 22.6. The number of hydrogen-bond acceptors (Lipinski definition) is 4. The second kappa shape index (κ2) is 13.2. The molecule has 0 spiro atoms. The molecule has 170 valence electrons. The molecule has 1 saturated carbocycles. The van der Waals surface area contributed by atoms with Crippen molar-refractivity contribution in [1.29, 1.82) is 0 Å². The van der Waals surface area contributed by atoms with E-state index < -0.39 is 18.2 Å². The number of hydrogen-bond donors (Lipinski definition) is 3. The Labute approximate surface area is 185 Å². The van der Waals surface area contributed by atoms with Crippen LogP contribution in [0.25, 0.3) is 0 Å². The molecule has 1 aromatic carbocycles. The fourth-order valence-electron chi connectivity index (χ4n) is 4.38. The molecule has 0 aliphatic heterocycles. The van der Waals surface area contributed by atoms with Gasteiger partial charge in [-0.05, 0) is 43.6 Å². The number of carboxylic acids is 1. The van der Waals surface area contributed by atoms with Crippen LogP contribution in [0, 0.1) is 11.8 Å². The molecule has 5 heteroatoms. The number of carbonyl (C=O) groups excluding carboxylic acids is 1. The maximum Gasteiger partial charge on any atom is 0.303 e. The highest BCUT2D eigenvalue weighted by atomic mass is 16.4. The van der Waals surface area contributed by atoms with E-state index in [0.717, 1.165) is 12.8 Å². The van der Waals surface area contributed by atoms with Crippen LogP contribution in [0.15, 0.2) is 54.6 Å². The van der Waals surface area contributed by atoms with E-state index >= 15 is 0 Å². The van der Waals surface area contributed by atoms with Crippen LogP contribution in [0.1, 0.15) is 69.8 Å². The van der Waals surface area contributed by atoms with Gasteiger partial charge < -0.3 is 15.3 Å². The molecule has 31 heavy (non-hydrogen) atoms. The summed E-state index contributed by atoms with van der Waals surface area (Å²) in [6.07, 6.45) is 10.7. The van der Waals surface area contributed by atoms with E-state index in [1.165, 1.54) is 5.56 Å². The highest BCUT2D eigenvalue weighted by Gasteiger charge is 2.39. The number of aliphatic hydroxyl groups excluding tert-OH is 2. The number of rotatable bonds is 13. The summed E-state index contributed by atoms with van der Waals surface area (Å²) >= 11 is 0. The lowest BCUT2D eigenvalue weighted by Crippen LogP contribution is -2.19. The van der Waals surface area contributed by atoms with Crippen LogP contribution in [0.5, 0.6) is 0 Å². The number of benzene rings is 1. The average molecular weight is 429 g/mol. The molecule has 0 amide bonds. The highest BCUT2D eigenvalue weighted by Crippen LogP contribution is 2.34. The van der Waals surface area contributed by atoms with E-state index in [1.807, 2.05) is 36.4 Å². The maximum atomic E-state index is 12.3. The topological polar surface area (TPSA) is 94.8 Å². The first-order chi connectivity index (χ1) is 14.9. The Morgan fingerprint density at radius 3 is 2.65 bits per heavy atom. The van der Waals surface area contributed by atoms with Gasteiger partial charge in [-0.1, -0.05) is 68.0 Å². The number of aliphatic hydroxyl groups is 2. The summed E-state index contributed by atoms with van der Waals surface area (Å²) in [5.41, 5.74) is 1.22. The zero-order valence-electron chi connectivity index (χ0n) is 18.4. The Bertz CT molecular complexity index is 739. The lowest BCUT2D eigenvalue weighted by atomic mass is 9.87.